The van der Waals surface area contributed by atoms with Crippen LogP contribution in [0.1, 0.15) is 31.1 Å². The second-order valence-corrected chi connectivity index (χ2v) is 5.49. The molecule has 0 spiro atoms. The number of nitrogens with zero attached hydrogens (tertiary/aromatic N) is 2. The molecule has 2 rings (SSSR count). The molecule has 108 valence electrons. The quantitative estimate of drug-likeness (QED) is 0.891. The Labute approximate surface area is 124 Å². The van der Waals surface area contributed by atoms with Gasteiger partial charge in [0.2, 0.25) is 0 Å². The van der Waals surface area contributed by atoms with Crippen molar-refractivity contribution in [2.45, 2.75) is 32.9 Å². The molecule has 1 heterocycles. The normalized spacial score (nSPS) is 14.2. The van der Waals surface area contributed by atoms with Gasteiger partial charge in [0.1, 0.15) is 0 Å². The summed E-state index contributed by atoms with van der Waals surface area (Å²) in [5.41, 5.74) is 3.13. The van der Waals surface area contributed by atoms with Gasteiger partial charge in [0.25, 0.3) is 0 Å². The number of aliphatic hydroxyl groups excluding tert-OH is 1. The van der Waals surface area contributed by atoms with Gasteiger partial charge in [0, 0.05) is 28.4 Å². The lowest BCUT2D eigenvalue weighted by Gasteiger charge is -2.18. The van der Waals surface area contributed by atoms with E-state index in [1.54, 1.807) is 0 Å². The molecule has 2 aromatic rings. The number of rotatable bonds is 5. The monoisotopic (exact) mass is 293 g/mol. The van der Waals surface area contributed by atoms with Gasteiger partial charge in [-0.15, -0.1) is 0 Å². The van der Waals surface area contributed by atoms with Gasteiger partial charge in [0.05, 0.1) is 18.5 Å². The van der Waals surface area contributed by atoms with E-state index in [4.69, 9.17) is 16.7 Å². The second kappa shape index (κ2) is 6.39. The molecule has 2 N–H and O–H groups in total. The van der Waals surface area contributed by atoms with Crippen molar-refractivity contribution in [3.8, 4) is 5.69 Å². The van der Waals surface area contributed by atoms with Crippen LogP contribution in [0.4, 0.5) is 0 Å². The minimum absolute atomic E-state index is 0.0546. The Morgan fingerprint density at radius 3 is 2.80 bits per heavy atom. The Hall–Kier alpha value is -1.36. The third-order valence-electron chi connectivity index (χ3n) is 3.38. The van der Waals surface area contributed by atoms with Gasteiger partial charge in [-0.2, -0.15) is 5.10 Å². The molecule has 0 aliphatic rings. The molecule has 0 amide bonds. The van der Waals surface area contributed by atoms with Crippen molar-refractivity contribution in [2.75, 3.05) is 6.61 Å². The van der Waals surface area contributed by atoms with Crippen LogP contribution in [0.3, 0.4) is 0 Å². The molecule has 0 aliphatic carbocycles. The number of benzene rings is 1. The maximum Gasteiger partial charge on any atom is 0.0663 e. The van der Waals surface area contributed by atoms with E-state index in [0.29, 0.717) is 5.02 Å². The third kappa shape index (κ3) is 3.20. The van der Waals surface area contributed by atoms with Crippen LogP contribution in [0, 0.1) is 6.92 Å². The molecule has 4 nitrogen and oxygen atoms in total. The van der Waals surface area contributed by atoms with Crippen LogP contribution in [0.5, 0.6) is 0 Å². The summed E-state index contributed by atoms with van der Waals surface area (Å²) in [6, 6.07) is 7.81. The standard InChI is InChI=1S/C15H20ClN3O/c1-10(9-20)18-11(2)15-8-17-19(12(15)3)14-6-4-5-13(16)7-14/h4-8,10-11,18,20H,9H2,1-3H3/t10-,11?/m1/s1. The number of aliphatic hydroxyl groups is 1. The van der Waals surface area contributed by atoms with Crippen LogP contribution in [0.25, 0.3) is 5.69 Å². The Balaban J connectivity index is 2.27. The van der Waals surface area contributed by atoms with Gasteiger partial charge in [-0.25, -0.2) is 4.68 Å². The fraction of sp³-hybridized carbons (Fsp3) is 0.400. The molecule has 0 bridgehead atoms. The molecule has 20 heavy (non-hydrogen) atoms. The van der Waals surface area contributed by atoms with Crippen LogP contribution in [-0.4, -0.2) is 27.5 Å². The minimum Gasteiger partial charge on any atom is -0.395 e. The zero-order valence-electron chi connectivity index (χ0n) is 12.0. The highest BCUT2D eigenvalue weighted by Crippen LogP contribution is 2.22. The highest BCUT2D eigenvalue weighted by Gasteiger charge is 2.15. The van der Waals surface area contributed by atoms with Crippen molar-refractivity contribution in [1.82, 2.24) is 15.1 Å². The summed E-state index contributed by atoms with van der Waals surface area (Å²) in [6.07, 6.45) is 1.86. The van der Waals surface area contributed by atoms with Gasteiger partial charge in [-0.3, -0.25) is 0 Å². The molecule has 0 fully saturated rings. The first-order chi connectivity index (χ1) is 9.52. The fourth-order valence-corrected chi connectivity index (χ4v) is 2.47. The van der Waals surface area contributed by atoms with Crippen molar-refractivity contribution >= 4 is 11.6 Å². The number of aromatic nitrogens is 2. The summed E-state index contributed by atoms with van der Waals surface area (Å²) >= 11 is 6.02. The van der Waals surface area contributed by atoms with Crippen LogP contribution in [0.2, 0.25) is 5.02 Å². The van der Waals surface area contributed by atoms with Crippen LogP contribution in [0.15, 0.2) is 30.5 Å². The zero-order chi connectivity index (χ0) is 14.7. The summed E-state index contributed by atoms with van der Waals surface area (Å²) in [5.74, 6) is 0. The summed E-state index contributed by atoms with van der Waals surface area (Å²) in [5, 5.41) is 17.6. The summed E-state index contributed by atoms with van der Waals surface area (Å²) in [6.45, 7) is 6.17. The van der Waals surface area contributed by atoms with Gasteiger partial charge < -0.3 is 10.4 Å². The third-order valence-corrected chi connectivity index (χ3v) is 3.61. The molecule has 5 heteroatoms. The average molecular weight is 294 g/mol. The summed E-state index contributed by atoms with van der Waals surface area (Å²) < 4.78 is 1.88. The first kappa shape index (κ1) is 15.0. The number of hydrogen-bond donors (Lipinski definition) is 2. The number of halogens is 1. The van der Waals surface area contributed by atoms with E-state index in [9.17, 15) is 0 Å². The zero-order valence-corrected chi connectivity index (χ0v) is 12.7. The molecule has 1 aromatic carbocycles. The van der Waals surface area contributed by atoms with E-state index in [0.717, 1.165) is 16.9 Å². The number of hydrogen-bond acceptors (Lipinski definition) is 3. The molecule has 0 radical (unpaired) electrons. The first-order valence-corrected chi connectivity index (χ1v) is 7.08. The molecular formula is C15H20ClN3O. The molecule has 0 saturated heterocycles. The predicted molar refractivity (Wildman–Crippen MR) is 81.4 cm³/mol. The minimum atomic E-state index is 0.0546. The fourth-order valence-electron chi connectivity index (χ4n) is 2.28. The van der Waals surface area contributed by atoms with Gasteiger partial charge in [-0.05, 0) is 39.0 Å². The lowest BCUT2D eigenvalue weighted by molar-refractivity contribution is 0.243. The topological polar surface area (TPSA) is 50.1 Å². The molecular weight excluding hydrogens is 274 g/mol. The van der Waals surface area contributed by atoms with Gasteiger partial charge in [-0.1, -0.05) is 17.7 Å². The molecule has 0 aliphatic heterocycles. The second-order valence-electron chi connectivity index (χ2n) is 5.05. The van der Waals surface area contributed by atoms with E-state index in [1.807, 2.05) is 49.0 Å². The Morgan fingerprint density at radius 1 is 1.40 bits per heavy atom. The van der Waals surface area contributed by atoms with E-state index in [1.165, 1.54) is 0 Å². The van der Waals surface area contributed by atoms with Gasteiger partial charge in [0.15, 0.2) is 0 Å². The van der Waals surface area contributed by atoms with Gasteiger partial charge >= 0.3 is 0 Å². The lowest BCUT2D eigenvalue weighted by Crippen LogP contribution is -2.31. The van der Waals surface area contributed by atoms with Crippen molar-refractivity contribution in [3.05, 3.63) is 46.7 Å². The van der Waals surface area contributed by atoms with Crippen LogP contribution >= 0.6 is 11.6 Å². The number of nitrogens with one attached hydrogen (secondary N) is 1. The van der Waals surface area contributed by atoms with Crippen LogP contribution < -0.4 is 5.32 Å². The molecule has 1 unspecified atom stereocenters. The smallest absolute Gasteiger partial charge is 0.0663 e. The van der Waals surface area contributed by atoms with E-state index < -0.39 is 0 Å². The molecule has 1 aromatic heterocycles. The summed E-state index contributed by atoms with van der Waals surface area (Å²) in [4.78, 5) is 0. The van der Waals surface area contributed by atoms with Crippen LogP contribution in [-0.2, 0) is 0 Å². The lowest BCUT2D eigenvalue weighted by atomic mass is 10.1. The predicted octanol–water partition coefficient (Wildman–Crippen LogP) is 2.87. The average Bonchev–Trinajstić information content (AvgIpc) is 2.80. The van der Waals surface area contributed by atoms with Crippen molar-refractivity contribution in [1.29, 1.82) is 0 Å². The first-order valence-electron chi connectivity index (χ1n) is 6.70. The highest BCUT2D eigenvalue weighted by molar-refractivity contribution is 6.30. The van der Waals surface area contributed by atoms with E-state index >= 15 is 0 Å². The Bertz CT molecular complexity index is 582. The van der Waals surface area contributed by atoms with E-state index in [2.05, 4.69) is 17.3 Å². The van der Waals surface area contributed by atoms with Crippen molar-refractivity contribution in [2.24, 2.45) is 0 Å². The SMILES string of the molecule is Cc1c(C(C)N[C@H](C)CO)cnn1-c1cccc(Cl)c1. The Morgan fingerprint density at radius 2 is 2.15 bits per heavy atom. The largest absolute Gasteiger partial charge is 0.395 e. The maximum atomic E-state index is 9.12. The summed E-state index contributed by atoms with van der Waals surface area (Å²) in [7, 11) is 0. The highest BCUT2D eigenvalue weighted by atomic mass is 35.5. The van der Waals surface area contributed by atoms with Crippen molar-refractivity contribution in [3.63, 3.8) is 0 Å². The molecule has 0 saturated carbocycles. The maximum absolute atomic E-state index is 9.12. The van der Waals surface area contributed by atoms with Crippen molar-refractivity contribution < 1.29 is 5.11 Å². The molecule has 2 atom stereocenters. The van der Waals surface area contributed by atoms with E-state index in [-0.39, 0.29) is 18.7 Å². The Kier molecular flexibility index (Phi) is 4.81.